The molecule has 0 saturated carbocycles. The molecule has 0 aromatic rings. The first kappa shape index (κ1) is 20.1. The van der Waals surface area contributed by atoms with Crippen LogP contribution in [-0.4, -0.2) is 64.2 Å². The van der Waals surface area contributed by atoms with E-state index in [9.17, 15) is 24.6 Å². The number of hydrogen-bond acceptors (Lipinski definition) is 7. The Morgan fingerprint density at radius 2 is 1.77 bits per heavy atom. The molecular formula is C12H23N3O7. The van der Waals surface area contributed by atoms with Gasteiger partial charge in [0.05, 0.1) is 0 Å². The van der Waals surface area contributed by atoms with Gasteiger partial charge in [-0.2, -0.15) is 0 Å². The first-order valence-corrected chi connectivity index (χ1v) is 6.63. The summed E-state index contributed by atoms with van der Waals surface area (Å²) in [6.07, 6.45) is -4.38. The maximum Gasteiger partial charge on any atom is 0.404 e. The normalized spacial score (nSPS) is 16.5. The van der Waals surface area contributed by atoms with Crippen LogP contribution in [0.1, 0.15) is 20.3 Å². The highest BCUT2D eigenvalue weighted by Gasteiger charge is 2.32. The molecule has 0 radical (unpaired) electrons. The fourth-order valence-electron chi connectivity index (χ4n) is 1.62. The Bertz CT molecular complexity index is 402. The van der Waals surface area contributed by atoms with Gasteiger partial charge in [-0.25, -0.2) is 9.59 Å². The molecule has 0 heterocycles. The van der Waals surface area contributed by atoms with Gasteiger partial charge >= 0.3 is 12.1 Å². The number of hydrogen-bond donors (Lipinski definition) is 6. The molecule has 10 nitrogen and oxygen atoms in total. The summed E-state index contributed by atoms with van der Waals surface area (Å²) in [5.41, 5.74) is 10.2. The summed E-state index contributed by atoms with van der Waals surface area (Å²) in [5.74, 6) is -2.17. The Balaban J connectivity index is 4.61. The molecule has 0 aliphatic carbocycles. The molecule has 2 amide bonds. The summed E-state index contributed by atoms with van der Waals surface area (Å²) in [4.78, 5) is 33.2. The first-order valence-electron chi connectivity index (χ1n) is 6.63. The highest BCUT2D eigenvalue weighted by atomic mass is 16.6. The predicted molar refractivity (Wildman–Crippen MR) is 74.5 cm³/mol. The van der Waals surface area contributed by atoms with Crippen LogP contribution in [0.25, 0.3) is 0 Å². The Labute approximate surface area is 127 Å². The van der Waals surface area contributed by atoms with E-state index in [1.165, 1.54) is 0 Å². The van der Waals surface area contributed by atoms with E-state index in [0.717, 1.165) is 0 Å². The third kappa shape index (κ3) is 7.20. The van der Waals surface area contributed by atoms with Crippen molar-refractivity contribution >= 4 is 18.0 Å². The van der Waals surface area contributed by atoms with Crippen molar-refractivity contribution < 1.29 is 34.4 Å². The molecule has 0 bridgehead atoms. The number of primary amides is 1. The average Bonchev–Trinajstić information content (AvgIpc) is 2.41. The minimum atomic E-state index is -1.76. The molecule has 0 rings (SSSR count). The maximum absolute atomic E-state index is 11.8. The van der Waals surface area contributed by atoms with E-state index in [1.807, 2.05) is 0 Å². The van der Waals surface area contributed by atoms with Crippen molar-refractivity contribution in [3.05, 3.63) is 0 Å². The molecule has 0 aliphatic rings. The molecule has 0 unspecified atom stereocenters. The topological polar surface area (TPSA) is 185 Å². The Hall–Kier alpha value is -1.91. The lowest BCUT2D eigenvalue weighted by Gasteiger charge is -2.24. The minimum absolute atomic E-state index is 0.0112. The van der Waals surface area contributed by atoms with E-state index in [1.54, 1.807) is 13.8 Å². The van der Waals surface area contributed by atoms with Crippen molar-refractivity contribution in [2.45, 2.75) is 44.6 Å². The number of nitrogens with two attached hydrogens (primary N) is 2. The molecule has 22 heavy (non-hydrogen) atoms. The van der Waals surface area contributed by atoms with Crippen LogP contribution < -0.4 is 16.8 Å². The summed E-state index contributed by atoms with van der Waals surface area (Å²) in [7, 11) is 0. The third-order valence-electron chi connectivity index (χ3n) is 2.78. The largest absolute Gasteiger partial charge is 0.480 e. The van der Waals surface area contributed by atoms with Gasteiger partial charge in [0.2, 0.25) is 5.91 Å². The number of carbonyl (C=O) groups is 3. The molecule has 0 fully saturated rings. The summed E-state index contributed by atoms with van der Waals surface area (Å²) >= 11 is 0. The van der Waals surface area contributed by atoms with Crippen molar-refractivity contribution in [3.63, 3.8) is 0 Å². The maximum atomic E-state index is 11.8. The van der Waals surface area contributed by atoms with E-state index in [4.69, 9.17) is 16.6 Å². The van der Waals surface area contributed by atoms with Gasteiger partial charge in [-0.05, 0) is 12.3 Å². The van der Waals surface area contributed by atoms with Crippen LogP contribution in [0, 0.1) is 5.92 Å². The molecule has 4 atom stereocenters. The zero-order valence-electron chi connectivity index (χ0n) is 12.4. The second kappa shape index (κ2) is 9.18. The molecule has 0 spiro atoms. The van der Waals surface area contributed by atoms with Crippen LogP contribution in [0.15, 0.2) is 0 Å². The van der Waals surface area contributed by atoms with E-state index >= 15 is 0 Å². The first-order chi connectivity index (χ1) is 10.1. The molecular weight excluding hydrogens is 298 g/mol. The number of carbonyl (C=O) groups excluding carboxylic acids is 2. The van der Waals surface area contributed by atoms with Crippen molar-refractivity contribution in [3.8, 4) is 0 Å². The van der Waals surface area contributed by atoms with Crippen LogP contribution >= 0.6 is 0 Å². The summed E-state index contributed by atoms with van der Waals surface area (Å²) < 4.78 is 4.27. The van der Waals surface area contributed by atoms with Crippen LogP contribution in [0.2, 0.25) is 0 Å². The van der Waals surface area contributed by atoms with Gasteiger partial charge in [0.15, 0.2) is 0 Å². The number of carboxylic acid groups (broad SMARTS) is 1. The lowest BCUT2D eigenvalue weighted by Crippen LogP contribution is -2.56. The fraction of sp³-hybridized carbons (Fsp3) is 0.750. The highest BCUT2D eigenvalue weighted by Crippen LogP contribution is 2.06. The number of ether oxygens (including phenoxy) is 1. The highest BCUT2D eigenvalue weighted by molar-refractivity contribution is 5.87. The molecule has 10 heteroatoms. The summed E-state index contributed by atoms with van der Waals surface area (Å²) in [6, 6.07) is -2.76. The van der Waals surface area contributed by atoms with E-state index in [0.29, 0.717) is 0 Å². The Morgan fingerprint density at radius 3 is 2.18 bits per heavy atom. The lowest BCUT2D eigenvalue weighted by molar-refractivity contribution is -0.143. The molecule has 0 aromatic heterocycles. The van der Waals surface area contributed by atoms with Gasteiger partial charge < -0.3 is 36.8 Å². The minimum Gasteiger partial charge on any atom is -0.480 e. The van der Waals surface area contributed by atoms with Crippen molar-refractivity contribution in [2.24, 2.45) is 17.4 Å². The number of aliphatic carboxylic acids is 1. The van der Waals surface area contributed by atoms with Gasteiger partial charge in [0.25, 0.3) is 0 Å². The molecule has 0 saturated heterocycles. The quantitative estimate of drug-likeness (QED) is 0.275. The Kier molecular flexibility index (Phi) is 8.38. The SMILES string of the molecule is CC(C)C[C@H](NC(=O)[C@@H](N)[C@H](O)[C@@H](O)COC(N)=O)C(=O)O. The zero-order valence-corrected chi connectivity index (χ0v) is 12.4. The molecule has 0 aromatic carbocycles. The van der Waals surface area contributed by atoms with Gasteiger partial charge in [-0.1, -0.05) is 13.8 Å². The molecule has 0 aliphatic heterocycles. The van der Waals surface area contributed by atoms with E-state index in [-0.39, 0.29) is 12.3 Å². The monoisotopic (exact) mass is 321 g/mol. The predicted octanol–water partition coefficient (Wildman–Crippen LogP) is -2.25. The van der Waals surface area contributed by atoms with Gasteiger partial charge in [-0.15, -0.1) is 0 Å². The number of rotatable bonds is 9. The van der Waals surface area contributed by atoms with Crippen molar-refractivity contribution in [2.75, 3.05) is 6.61 Å². The Morgan fingerprint density at radius 1 is 1.23 bits per heavy atom. The van der Waals surface area contributed by atoms with Gasteiger partial charge in [0, 0.05) is 0 Å². The second-order valence-electron chi connectivity index (χ2n) is 5.24. The van der Waals surface area contributed by atoms with E-state index in [2.05, 4.69) is 10.1 Å². The summed E-state index contributed by atoms with van der Waals surface area (Å²) in [6.45, 7) is 2.91. The molecule has 128 valence electrons. The standard InChI is InChI=1S/C12H23N3O7/c1-5(2)3-6(11(19)20)15-10(18)8(13)9(17)7(16)4-22-12(14)21/h5-9,16-17H,3-4,13H2,1-2H3,(H2,14,21)(H,15,18)(H,19,20)/t6-,7-,8-,9+/m0/s1. The van der Waals surface area contributed by atoms with Crippen LogP contribution in [0.4, 0.5) is 4.79 Å². The zero-order chi connectivity index (χ0) is 17.4. The second-order valence-corrected chi connectivity index (χ2v) is 5.24. The average molecular weight is 321 g/mol. The number of nitrogens with one attached hydrogen (secondary N) is 1. The van der Waals surface area contributed by atoms with Gasteiger partial charge in [-0.3, -0.25) is 4.79 Å². The fourth-order valence-corrected chi connectivity index (χ4v) is 1.62. The third-order valence-corrected chi connectivity index (χ3v) is 2.78. The van der Waals surface area contributed by atoms with Crippen molar-refractivity contribution in [1.29, 1.82) is 0 Å². The van der Waals surface area contributed by atoms with E-state index < -0.39 is 48.9 Å². The van der Waals surface area contributed by atoms with Gasteiger partial charge in [0.1, 0.15) is 30.9 Å². The summed E-state index contributed by atoms with van der Waals surface area (Å²) in [5, 5.41) is 30.4. The number of aliphatic hydroxyl groups is 2. The molecule has 8 N–H and O–H groups in total. The van der Waals surface area contributed by atoms with Crippen LogP contribution in [0.3, 0.4) is 0 Å². The van der Waals surface area contributed by atoms with Crippen LogP contribution in [0.5, 0.6) is 0 Å². The van der Waals surface area contributed by atoms with Crippen molar-refractivity contribution in [1.82, 2.24) is 5.32 Å². The lowest BCUT2D eigenvalue weighted by atomic mass is 10.0. The number of amides is 2. The smallest absolute Gasteiger partial charge is 0.404 e. The van der Waals surface area contributed by atoms with Crippen LogP contribution in [-0.2, 0) is 14.3 Å². The number of carboxylic acids is 1. The number of aliphatic hydroxyl groups excluding tert-OH is 2.